The van der Waals surface area contributed by atoms with Crippen LogP contribution >= 0.6 is 0 Å². The summed E-state index contributed by atoms with van der Waals surface area (Å²) in [6.45, 7) is 12.1. The van der Waals surface area contributed by atoms with Gasteiger partial charge in [0.05, 0.1) is 0 Å². The first-order chi connectivity index (χ1) is 10.2. The van der Waals surface area contributed by atoms with Crippen molar-refractivity contribution < 1.29 is 0 Å². The van der Waals surface area contributed by atoms with Gasteiger partial charge in [-0.05, 0) is 49.3 Å². The van der Waals surface area contributed by atoms with E-state index in [0.29, 0.717) is 12.1 Å². The summed E-state index contributed by atoms with van der Waals surface area (Å²) in [5.74, 6) is 0. The predicted octanol–water partition coefficient (Wildman–Crippen LogP) is 4.22. The van der Waals surface area contributed by atoms with E-state index in [1.165, 1.54) is 16.3 Å². The van der Waals surface area contributed by atoms with Gasteiger partial charge in [0.15, 0.2) is 0 Å². The number of nitrogens with one attached hydrogen (secondary N) is 1. The van der Waals surface area contributed by atoms with Gasteiger partial charge in [-0.3, -0.25) is 4.90 Å². The predicted molar refractivity (Wildman–Crippen MR) is 92.7 cm³/mol. The zero-order chi connectivity index (χ0) is 15.2. The maximum Gasteiger partial charge on any atom is 0.0449 e. The maximum absolute atomic E-state index is 3.64. The molecular formula is C19H28N2. The molecule has 2 rings (SSSR count). The fourth-order valence-corrected chi connectivity index (χ4v) is 2.90. The summed E-state index contributed by atoms with van der Waals surface area (Å²) in [5, 5.41) is 6.28. The van der Waals surface area contributed by atoms with Gasteiger partial charge in [0.2, 0.25) is 0 Å². The molecule has 0 aromatic heterocycles. The lowest BCUT2D eigenvalue weighted by atomic mass is 10.0. The second kappa shape index (κ2) is 7.58. The van der Waals surface area contributed by atoms with E-state index >= 15 is 0 Å². The first-order valence-electron chi connectivity index (χ1n) is 8.11. The molecule has 0 spiro atoms. The number of likely N-dealkylation sites (N-methyl/N-ethyl adjacent to an activating group) is 2. The molecule has 1 N–H and O–H groups in total. The molecule has 2 aromatic rings. The van der Waals surface area contributed by atoms with Gasteiger partial charge in [-0.25, -0.2) is 0 Å². The maximum atomic E-state index is 3.64. The molecule has 0 saturated heterocycles. The smallest absolute Gasteiger partial charge is 0.0449 e. The van der Waals surface area contributed by atoms with Crippen molar-refractivity contribution in [3.63, 3.8) is 0 Å². The summed E-state index contributed by atoms with van der Waals surface area (Å²) in [7, 11) is 0. The van der Waals surface area contributed by atoms with E-state index < -0.39 is 0 Å². The Bertz CT molecular complexity index is 562. The number of benzene rings is 2. The molecule has 0 aliphatic rings. The largest absolute Gasteiger partial charge is 0.309 e. The molecule has 1 unspecified atom stereocenters. The fraction of sp³-hybridized carbons (Fsp3) is 0.474. The number of fused-ring (bicyclic) bond motifs is 1. The second-order valence-electron chi connectivity index (χ2n) is 5.90. The number of hydrogen-bond donors (Lipinski definition) is 1. The van der Waals surface area contributed by atoms with Crippen molar-refractivity contribution in [2.75, 3.05) is 19.6 Å². The molecule has 0 saturated carbocycles. The Labute approximate surface area is 129 Å². The second-order valence-corrected chi connectivity index (χ2v) is 5.90. The van der Waals surface area contributed by atoms with E-state index in [0.717, 1.165) is 19.6 Å². The zero-order valence-electron chi connectivity index (χ0n) is 13.8. The third kappa shape index (κ3) is 4.05. The van der Waals surface area contributed by atoms with Crippen molar-refractivity contribution in [1.29, 1.82) is 0 Å². The summed E-state index contributed by atoms with van der Waals surface area (Å²) < 4.78 is 0. The van der Waals surface area contributed by atoms with Gasteiger partial charge in [-0.1, -0.05) is 50.2 Å². The summed E-state index contributed by atoms with van der Waals surface area (Å²) in [5.41, 5.74) is 1.38. The quantitative estimate of drug-likeness (QED) is 0.819. The Morgan fingerprint density at radius 1 is 1.00 bits per heavy atom. The molecule has 0 amide bonds. The molecule has 0 aliphatic heterocycles. The third-order valence-corrected chi connectivity index (χ3v) is 4.18. The SMILES string of the molecule is CCNC(CN(CC)C(C)C)c1ccc2ccccc2c1. The molecule has 114 valence electrons. The Kier molecular flexibility index (Phi) is 5.77. The van der Waals surface area contributed by atoms with Crippen molar-refractivity contribution in [3.8, 4) is 0 Å². The van der Waals surface area contributed by atoms with E-state index in [1.54, 1.807) is 0 Å². The van der Waals surface area contributed by atoms with E-state index in [1.807, 2.05) is 0 Å². The Hall–Kier alpha value is -1.38. The van der Waals surface area contributed by atoms with Crippen LogP contribution < -0.4 is 5.32 Å². The fourth-order valence-electron chi connectivity index (χ4n) is 2.90. The Balaban J connectivity index is 2.26. The van der Waals surface area contributed by atoms with Gasteiger partial charge >= 0.3 is 0 Å². The lowest BCUT2D eigenvalue weighted by molar-refractivity contribution is 0.208. The van der Waals surface area contributed by atoms with E-state index in [-0.39, 0.29) is 0 Å². The Morgan fingerprint density at radius 3 is 2.33 bits per heavy atom. The molecular weight excluding hydrogens is 256 g/mol. The van der Waals surface area contributed by atoms with Gasteiger partial charge in [-0.2, -0.15) is 0 Å². The number of hydrogen-bond acceptors (Lipinski definition) is 2. The zero-order valence-corrected chi connectivity index (χ0v) is 13.8. The molecule has 0 bridgehead atoms. The summed E-state index contributed by atoms with van der Waals surface area (Å²) in [6.07, 6.45) is 0. The average molecular weight is 284 g/mol. The lowest BCUT2D eigenvalue weighted by Crippen LogP contribution is -2.39. The summed E-state index contributed by atoms with van der Waals surface area (Å²) in [4.78, 5) is 2.52. The van der Waals surface area contributed by atoms with Crippen LogP contribution in [0, 0.1) is 0 Å². The average Bonchev–Trinajstić information content (AvgIpc) is 2.50. The highest BCUT2D eigenvalue weighted by Gasteiger charge is 2.16. The highest BCUT2D eigenvalue weighted by atomic mass is 15.2. The highest BCUT2D eigenvalue weighted by Crippen LogP contribution is 2.21. The number of nitrogens with zero attached hydrogens (tertiary/aromatic N) is 1. The van der Waals surface area contributed by atoms with Gasteiger partial charge in [-0.15, -0.1) is 0 Å². The number of rotatable bonds is 7. The summed E-state index contributed by atoms with van der Waals surface area (Å²) >= 11 is 0. The van der Waals surface area contributed by atoms with Crippen LogP contribution in [-0.2, 0) is 0 Å². The normalized spacial score (nSPS) is 13.2. The van der Waals surface area contributed by atoms with Gasteiger partial charge < -0.3 is 5.32 Å². The van der Waals surface area contributed by atoms with Crippen molar-refractivity contribution in [1.82, 2.24) is 10.2 Å². The first kappa shape index (κ1) is 16.0. The van der Waals surface area contributed by atoms with Crippen LogP contribution in [0.5, 0.6) is 0 Å². The topological polar surface area (TPSA) is 15.3 Å². The van der Waals surface area contributed by atoms with E-state index in [2.05, 4.69) is 80.4 Å². The summed E-state index contributed by atoms with van der Waals surface area (Å²) in [6, 6.07) is 16.4. The minimum atomic E-state index is 0.391. The van der Waals surface area contributed by atoms with Crippen molar-refractivity contribution in [2.45, 2.75) is 39.8 Å². The minimum absolute atomic E-state index is 0.391. The van der Waals surface area contributed by atoms with Crippen LogP contribution in [0.1, 0.15) is 39.3 Å². The molecule has 0 aliphatic carbocycles. The molecule has 1 atom stereocenters. The van der Waals surface area contributed by atoms with Gasteiger partial charge in [0.25, 0.3) is 0 Å². The molecule has 2 nitrogen and oxygen atoms in total. The lowest BCUT2D eigenvalue weighted by Gasteiger charge is -2.30. The van der Waals surface area contributed by atoms with Crippen molar-refractivity contribution in [3.05, 3.63) is 48.0 Å². The van der Waals surface area contributed by atoms with Crippen LogP contribution in [0.25, 0.3) is 10.8 Å². The van der Waals surface area contributed by atoms with Gasteiger partial charge in [0, 0.05) is 18.6 Å². The van der Waals surface area contributed by atoms with Gasteiger partial charge in [0.1, 0.15) is 0 Å². The highest BCUT2D eigenvalue weighted by molar-refractivity contribution is 5.83. The molecule has 2 heteroatoms. The van der Waals surface area contributed by atoms with E-state index in [9.17, 15) is 0 Å². The Morgan fingerprint density at radius 2 is 1.71 bits per heavy atom. The van der Waals surface area contributed by atoms with E-state index in [4.69, 9.17) is 0 Å². The first-order valence-corrected chi connectivity index (χ1v) is 8.11. The molecule has 2 aromatic carbocycles. The third-order valence-electron chi connectivity index (χ3n) is 4.18. The standard InChI is InChI=1S/C19H28N2/c1-5-20-19(14-21(6-2)15(3)4)18-12-11-16-9-7-8-10-17(16)13-18/h7-13,15,19-20H,5-6,14H2,1-4H3. The molecule has 21 heavy (non-hydrogen) atoms. The molecule has 0 radical (unpaired) electrons. The van der Waals surface area contributed by atoms with Crippen LogP contribution in [0.3, 0.4) is 0 Å². The molecule has 0 heterocycles. The van der Waals surface area contributed by atoms with Crippen molar-refractivity contribution in [2.24, 2.45) is 0 Å². The van der Waals surface area contributed by atoms with Crippen LogP contribution in [0.4, 0.5) is 0 Å². The minimum Gasteiger partial charge on any atom is -0.309 e. The monoisotopic (exact) mass is 284 g/mol. The van der Waals surface area contributed by atoms with Crippen LogP contribution in [0.2, 0.25) is 0 Å². The molecule has 0 fully saturated rings. The van der Waals surface area contributed by atoms with Crippen molar-refractivity contribution >= 4 is 10.8 Å². The van der Waals surface area contributed by atoms with Crippen LogP contribution in [-0.4, -0.2) is 30.6 Å². The van der Waals surface area contributed by atoms with Crippen LogP contribution in [0.15, 0.2) is 42.5 Å².